The molecule has 1 heterocycles. The third kappa shape index (κ3) is 4.03. The third-order valence-corrected chi connectivity index (χ3v) is 5.34. The van der Waals surface area contributed by atoms with E-state index in [0.29, 0.717) is 11.8 Å². The van der Waals surface area contributed by atoms with Gasteiger partial charge in [-0.3, -0.25) is 0 Å². The number of ether oxygens (including phenoxy) is 1. The average molecular weight is 386 g/mol. The molecule has 0 saturated carbocycles. The molecule has 3 aromatic carbocycles. The summed E-state index contributed by atoms with van der Waals surface area (Å²) >= 11 is 0. The average Bonchev–Trinajstić information content (AvgIpc) is 2.98. The molecular weight excluding hydrogens is 354 g/mol. The van der Waals surface area contributed by atoms with Crippen molar-refractivity contribution in [3.8, 4) is 16.9 Å². The van der Waals surface area contributed by atoms with Gasteiger partial charge in [0.1, 0.15) is 5.75 Å². The molecule has 0 bridgehead atoms. The number of benzene rings is 3. The Bertz CT molecular complexity index is 1130. The minimum atomic E-state index is 0.531. The molecular formula is C27H31NO. The molecule has 2 nitrogen and oxygen atoms in total. The number of hydrogen-bond acceptors (Lipinski definition) is 1. The van der Waals surface area contributed by atoms with Crippen LogP contribution < -0.4 is 4.74 Å². The Balaban J connectivity index is 1.77. The summed E-state index contributed by atoms with van der Waals surface area (Å²) in [6.45, 7) is 12.9. The minimum Gasteiger partial charge on any atom is -0.493 e. The van der Waals surface area contributed by atoms with Crippen LogP contribution in [-0.2, 0) is 6.54 Å². The van der Waals surface area contributed by atoms with Crippen molar-refractivity contribution in [3.05, 3.63) is 66.2 Å². The standard InChI is InChI=1S/C27H31NO/c1-18(2)16-28-26-12-6-20(5)14-24(26)25-15-22(9-13-27(25)28)21-7-10-23(11-8-21)29-17-19(3)4/h6-15,18-19H,16-17H2,1-5H3. The maximum Gasteiger partial charge on any atom is 0.119 e. The smallest absolute Gasteiger partial charge is 0.119 e. The number of nitrogens with zero attached hydrogens (tertiary/aromatic N) is 1. The second-order valence-corrected chi connectivity index (χ2v) is 8.99. The lowest BCUT2D eigenvalue weighted by atomic mass is 10.0. The molecule has 150 valence electrons. The summed E-state index contributed by atoms with van der Waals surface area (Å²) in [5.41, 5.74) is 6.42. The molecule has 2 heteroatoms. The molecule has 0 N–H and O–H groups in total. The van der Waals surface area contributed by atoms with Gasteiger partial charge in [0.05, 0.1) is 6.61 Å². The zero-order valence-corrected chi connectivity index (χ0v) is 18.2. The van der Waals surface area contributed by atoms with Gasteiger partial charge in [-0.25, -0.2) is 0 Å². The topological polar surface area (TPSA) is 14.2 Å². The maximum absolute atomic E-state index is 5.84. The van der Waals surface area contributed by atoms with E-state index in [1.165, 1.54) is 38.5 Å². The van der Waals surface area contributed by atoms with Crippen LogP contribution in [0.5, 0.6) is 5.75 Å². The van der Waals surface area contributed by atoms with Gasteiger partial charge in [0.15, 0.2) is 0 Å². The molecule has 0 radical (unpaired) electrons. The first-order chi connectivity index (χ1) is 13.9. The lowest BCUT2D eigenvalue weighted by Gasteiger charge is -2.11. The number of aromatic nitrogens is 1. The van der Waals surface area contributed by atoms with E-state index in [9.17, 15) is 0 Å². The first-order valence-corrected chi connectivity index (χ1v) is 10.7. The lowest BCUT2D eigenvalue weighted by molar-refractivity contribution is 0.271. The second-order valence-electron chi connectivity index (χ2n) is 8.99. The number of rotatable bonds is 6. The highest BCUT2D eigenvalue weighted by atomic mass is 16.5. The van der Waals surface area contributed by atoms with Crippen LogP contribution in [-0.4, -0.2) is 11.2 Å². The van der Waals surface area contributed by atoms with E-state index in [4.69, 9.17) is 4.74 Å². The SMILES string of the molecule is Cc1ccc2c(c1)c1cc(-c3ccc(OCC(C)C)cc3)ccc1n2CC(C)C. The van der Waals surface area contributed by atoms with Gasteiger partial charge in [-0.15, -0.1) is 0 Å². The minimum absolute atomic E-state index is 0.531. The Morgan fingerprint density at radius 1 is 0.724 bits per heavy atom. The fourth-order valence-electron chi connectivity index (χ4n) is 3.97. The monoisotopic (exact) mass is 385 g/mol. The van der Waals surface area contributed by atoms with Crippen LogP contribution in [0.3, 0.4) is 0 Å². The van der Waals surface area contributed by atoms with E-state index in [0.717, 1.165) is 18.9 Å². The highest BCUT2D eigenvalue weighted by molar-refractivity contribution is 6.09. The Morgan fingerprint density at radius 3 is 2.00 bits per heavy atom. The Hall–Kier alpha value is -2.74. The van der Waals surface area contributed by atoms with Crippen LogP contribution in [0.15, 0.2) is 60.7 Å². The van der Waals surface area contributed by atoms with E-state index in [-0.39, 0.29) is 0 Å². The molecule has 0 amide bonds. The first kappa shape index (κ1) is 19.6. The zero-order valence-electron chi connectivity index (χ0n) is 18.2. The molecule has 0 fully saturated rings. The fourth-order valence-corrected chi connectivity index (χ4v) is 3.97. The van der Waals surface area contributed by atoms with E-state index >= 15 is 0 Å². The lowest BCUT2D eigenvalue weighted by Crippen LogP contribution is -2.04. The van der Waals surface area contributed by atoms with Gasteiger partial charge in [0.25, 0.3) is 0 Å². The summed E-state index contributed by atoms with van der Waals surface area (Å²) in [6.07, 6.45) is 0. The van der Waals surface area contributed by atoms with Crippen LogP contribution in [0.25, 0.3) is 32.9 Å². The van der Waals surface area contributed by atoms with Gasteiger partial charge in [0, 0.05) is 28.4 Å². The van der Waals surface area contributed by atoms with E-state index in [1.807, 2.05) is 0 Å². The van der Waals surface area contributed by atoms with Crippen molar-refractivity contribution in [2.75, 3.05) is 6.61 Å². The molecule has 0 aliphatic rings. The molecule has 4 rings (SSSR count). The van der Waals surface area contributed by atoms with Gasteiger partial charge in [-0.05, 0) is 66.3 Å². The summed E-state index contributed by atoms with van der Waals surface area (Å²) in [4.78, 5) is 0. The second kappa shape index (κ2) is 7.94. The molecule has 0 saturated heterocycles. The van der Waals surface area contributed by atoms with E-state index < -0.39 is 0 Å². The molecule has 0 unspecified atom stereocenters. The molecule has 29 heavy (non-hydrogen) atoms. The molecule has 0 aliphatic heterocycles. The first-order valence-electron chi connectivity index (χ1n) is 10.7. The summed E-state index contributed by atoms with van der Waals surface area (Å²) in [5, 5.41) is 2.68. The maximum atomic E-state index is 5.84. The van der Waals surface area contributed by atoms with Crippen molar-refractivity contribution in [1.29, 1.82) is 0 Å². The van der Waals surface area contributed by atoms with Crippen LogP contribution in [0.1, 0.15) is 33.3 Å². The number of fused-ring (bicyclic) bond motifs is 3. The van der Waals surface area contributed by atoms with E-state index in [1.54, 1.807) is 0 Å². The summed E-state index contributed by atoms with van der Waals surface area (Å²) in [6, 6.07) is 22.2. The molecule has 1 aromatic heterocycles. The van der Waals surface area contributed by atoms with Crippen molar-refractivity contribution >= 4 is 21.8 Å². The van der Waals surface area contributed by atoms with Crippen LogP contribution >= 0.6 is 0 Å². The van der Waals surface area contributed by atoms with Crippen molar-refractivity contribution in [2.45, 2.75) is 41.2 Å². The molecule has 0 atom stereocenters. The van der Waals surface area contributed by atoms with Crippen LogP contribution in [0.2, 0.25) is 0 Å². The molecule has 4 aromatic rings. The molecule has 0 aliphatic carbocycles. The Kier molecular flexibility index (Phi) is 5.36. The summed E-state index contributed by atoms with van der Waals surface area (Å²) < 4.78 is 8.31. The highest BCUT2D eigenvalue weighted by Crippen LogP contribution is 2.34. The largest absolute Gasteiger partial charge is 0.493 e. The van der Waals surface area contributed by atoms with Crippen molar-refractivity contribution in [3.63, 3.8) is 0 Å². The normalized spacial score (nSPS) is 11.8. The fraction of sp³-hybridized carbons (Fsp3) is 0.333. The van der Waals surface area contributed by atoms with E-state index in [2.05, 4.69) is 99.8 Å². The van der Waals surface area contributed by atoms with Crippen molar-refractivity contribution in [1.82, 2.24) is 4.57 Å². The number of hydrogen-bond donors (Lipinski definition) is 0. The Labute approximate surface area is 174 Å². The predicted octanol–water partition coefficient (Wildman–Crippen LogP) is 7.46. The number of aryl methyl sites for hydroxylation is 1. The predicted molar refractivity (Wildman–Crippen MR) is 125 cm³/mol. The highest BCUT2D eigenvalue weighted by Gasteiger charge is 2.13. The van der Waals surface area contributed by atoms with Gasteiger partial charge < -0.3 is 9.30 Å². The van der Waals surface area contributed by atoms with Gasteiger partial charge in [-0.1, -0.05) is 57.5 Å². The van der Waals surface area contributed by atoms with Crippen LogP contribution in [0.4, 0.5) is 0 Å². The van der Waals surface area contributed by atoms with Crippen LogP contribution in [0, 0.1) is 18.8 Å². The van der Waals surface area contributed by atoms with Gasteiger partial charge >= 0.3 is 0 Å². The van der Waals surface area contributed by atoms with Gasteiger partial charge in [0.2, 0.25) is 0 Å². The summed E-state index contributed by atoms with van der Waals surface area (Å²) in [7, 11) is 0. The zero-order chi connectivity index (χ0) is 20.5. The van der Waals surface area contributed by atoms with Gasteiger partial charge in [-0.2, -0.15) is 0 Å². The Morgan fingerprint density at radius 2 is 1.34 bits per heavy atom. The van der Waals surface area contributed by atoms with Crippen molar-refractivity contribution in [2.24, 2.45) is 11.8 Å². The van der Waals surface area contributed by atoms with Crippen molar-refractivity contribution < 1.29 is 4.74 Å². The molecule has 0 spiro atoms. The quantitative estimate of drug-likeness (QED) is 0.336. The third-order valence-electron chi connectivity index (χ3n) is 5.34. The summed E-state index contributed by atoms with van der Waals surface area (Å²) in [5.74, 6) is 2.07.